The molecular formula is C27H41FN6O. The second kappa shape index (κ2) is 13.2. The van der Waals surface area contributed by atoms with Crippen molar-refractivity contribution in [2.75, 3.05) is 35.3 Å². The predicted molar refractivity (Wildman–Crippen MR) is 142 cm³/mol. The number of methoxy groups -OCH3 is 1. The van der Waals surface area contributed by atoms with E-state index in [4.69, 9.17) is 4.74 Å². The molecule has 7 nitrogen and oxygen atoms in total. The number of ether oxygens (including phenoxy) is 1. The molecule has 0 saturated carbocycles. The van der Waals surface area contributed by atoms with Crippen LogP contribution in [0.25, 0.3) is 11.0 Å². The van der Waals surface area contributed by atoms with Gasteiger partial charge >= 0.3 is 0 Å². The molecule has 2 atom stereocenters. The summed E-state index contributed by atoms with van der Waals surface area (Å²) in [5.74, 6) is 2.70. The molecule has 0 aliphatic heterocycles. The zero-order valence-electron chi connectivity index (χ0n) is 22.7. The van der Waals surface area contributed by atoms with Gasteiger partial charge in [-0.15, -0.1) is 0 Å². The molecule has 4 rings (SSSR count). The molecule has 0 fully saturated rings. The fourth-order valence-corrected chi connectivity index (χ4v) is 3.39. The minimum absolute atomic E-state index is 0.223. The Kier molecular flexibility index (Phi) is 10.7. The fourth-order valence-electron chi connectivity index (χ4n) is 3.39. The highest BCUT2D eigenvalue weighted by molar-refractivity contribution is 5.50. The molecule has 0 aliphatic rings. The second-order valence-corrected chi connectivity index (χ2v) is 8.88. The molecule has 4 aromatic rings. The Morgan fingerprint density at radius 3 is 1.74 bits per heavy atom. The van der Waals surface area contributed by atoms with Gasteiger partial charge in [-0.05, 0) is 60.2 Å². The maximum absolute atomic E-state index is 13.0. The van der Waals surface area contributed by atoms with Crippen molar-refractivity contribution in [1.82, 2.24) is 28.6 Å². The number of rotatable bonds is 7. The summed E-state index contributed by atoms with van der Waals surface area (Å²) in [6.07, 6.45) is 9.13. The van der Waals surface area contributed by atoms with Crippen LogP contribution in [0, 0.1) is 5.82 Å². The van der Waals surface area contributed by atoms with Crippen LogP contribution in [0.5, 0.6) is 5.75 Å². The normalized spacial score (nSPS) is 12.8. The fraction of sp³-hybridized carbons (Fsp3) is 0.481. The van der Waals surface area contributed by atoms with Crippen molar-refractivity contribution in [1.29, 1.82) is 0 Å². The van der Waals surface area contributed by atoms with Crippen LogP contribution in [0.4, 0.5) is 4.39 Å². The number of hydrogen-bond donors (Lipinski definition) is 0. The SMILES string of the molecule is CC.CC(Cc1ncc2cc(F)ccn12)N(C)C.COc1ccn2c(CC(C)N(C)C)ncc2c1. The van der Waals surface area contributed by atoms with Gasteiger partial charge in [0.2, 0.25) is 0 Å². The summed E-state index contributed by atoms with van der Waals surface area (Å²) in [7, 11) is 9.93. The van der Waals surface area contributed by atoms with Gasteiger partial charge < -0.3 is 23.3 Å². The molecule has 0 N–H and O–H groups in total. The summed E-state index contributed by atoms with van der Waals surface area (Å²) in [6, 6.07) is 7.79. The van der Waals surface area contributed by atoms with Crippen LogP contribution in [0.3, 0.4) is 0 Å². The van der Waals surface area contributed by atoms with Gasteiger partial charge in [0.25, 0.3) is 0 Å². The number of halogens is 1. The molecule has 35 heavy (non-hydrogen) atoms. The number of aromatic nitrogens is 4. The quantitative estimate of drug-likeness (QED) is 0.376. The Balaban J connectivity index is 0.000000231. The van der Waals surface area contributed by atoms with E-state index in [0.29, 0.717) is 12.1 Å². The molecule has 2 unspecified atom stereocenters. The molecule has 0 amide bonds. The van der Waals surface area contributed by atoms with E-state index < -0.39 is 0 Å². The lowest BCUT2D eigenvalue weighted by Crippen LogP contribution is -2.27. The van der Waals surface area contributed by atoms with Gasteiger partial charge in [0.05, 0.1) is 30.5 Å². The predicted octanol–water partition coefficient (Wildman–Crippen LogP) is 4.83. The largest absolute Gasteiger partial charge is 0.497 e. The molecule has 0 aliphatic carbocycles. The first-order valence-electron chi connectivity index (χ1n) is 12.1. The molecule has 8 heteroatoms. The molecule has 0 saturated heterocycles. The highest BCUT2D eigenvalue weighted by Crippen LogP contribution is 2.16. The number of imidazole rings is 2. The Morgan fingerprint density at radius 2 is 1.29 bits per heavy atom. The van der Waals surface area contributed by atoms with Crippen LogP contribution in [-0.4, -0.2) is 76.0 Å². The maximum atomic E-state index is 13.0. The van der Waals surface area contributed by atoms with Crippen LogP contribution < -0.4 is 4.74 Å². The van der Waals surface area contributed by atoms with E-state index in [1.54, 1.807) is 19.5 Å². The van der Waals surface area contributed by atoms with Crippen molar-refractivity contribution in [3.8, 4) is 5.75 Å². The van der Waals surface area contributed by atoms with Crippen LogP contribution >= 0.6 is 0 Å². The maximum Gasteiger partial charge on any atom is 0.126 e. The molecule has 0 radical (unpaired) electrons. The third kappa shape index (κ3) is 7.50. The van der Waals surface area contributed by atoms with Crippen molar-refractivity contribution < 1.29 is 9.13 Å². The van der Waals surface area contributed by atoms with Gasteiger partial charge in [-0.1, -0.05) is 13.8 Å². The van der Waals surface area contributed by atoms with Crippen LogP contribution in [0.15, 0.2) is 49.1 Å². The van der Waals surface area contributed by atoms with Crippen LogP contribution in [-0.2, 0) is 12.8 Å². The summed E-state index contributed by atoms with van der Waals surface area (Å²) in [6.45, 7) is 8.34. The Morgan fingerprint density at radius 1 is 0.829 bits per heavy atom. The van der Waals surface area contributed by atoms with Crippen LogP contribution in [0.1, 0.15) is 39.3 Å². The molecular weight excluding hydrogens is 443 g/mol. The van der Waals surface area contributed by atoms with Crippen molar-refractivity contribution in [3.63, 3.8) is 0 Å². The topological polar surface area (TPSA) is 50.3 Å². The zero-order valence-corrected chi connectivity index (χ0v) is 22.7. The van der Waals surface area contributed by atoms with Crippen LogP contribution in [0.2, 0.25) is 0 Å². The average Bonchev–Trinajstić information content (AvgIpc) is 3.43. The van der Waals surface area contributed by atoms with Crippen molar-refractivity contribution in [2.45, 2.75) is 52.6 Å². The van der Waals surface area contributed by atoms with E-state index >= 15 is 0 Å². The molecule has 0 aromatic carbocycles. The van der Waals surface area contributed by atoms with E-state index in [0.717, 1.165) is 41.3 Å². The summed E-state index contributed by atoms with van der Waals surface area (Å²) in [5.41, 5.74) is 1.88. The number of likely N-dealkylation sites (N-methyl/N-ethyl adjacent to an activating group) is 2. The molecule has 0 spiro atoms. The average molecular weight is 485 g/mol. The monoisotopic (exact) mass is 484 g/mol. The minimum atomic E-state index is -0.223. The highest BCUT2D eigenvalue weighted by Gasteiger charge is 2.12. The minimum Gasteiger partial charge on any atom is -0.497 e. The van der Waals surface area contributed by atoms with Crippen molar-refractivity contribution >= 4 is 11.0 Å². The zero-order chi connectivity index (χ0) is 26.1. The molecule has 4 aromatic heterocycles. The third-order valence-corrected chi connectivity index (χ3v) is 6.11. The molecule has 0 bridgehead atoms. The Labute approximate surface area is 209 Å². The lowest BCUT2D eigenvalue weighted by molar-refractivity contribution is 0.308. The van der Waals surface area contributed by atoms with Crippen molar-refractivity contribution in [3.05, 3.63) is 66.5 Å². The molecule has 192 valence electrons. The summed E-state index contributed by atoms with van der Waals surface area (Å²) in [5, 5.41) is 0. The lowest BCUT2D eigenvalue weighted by Gasteiger charge is -2.18. The summed E-state index contributed by atoms with van der Waals surface area (Å²) < 4.78 is 22.2. The number of nitrogens with zero attached hydrogens (tertiary/aromatic N) is 6. The third-order valence-electron chi connectivity index (χ3n) is 6.11. The Hall–Kier alpha value is -2.97. The van der Waals surface area contributed by atoms with Gasteiger partial charge in [0.15, 0.2) is 0 Å². The van der Waals surface area contributed by atoms with Gasteiger partial charge in [0.1, 0.15) is 23.2 Å². The lowest BCUT2D eigenvalue weighted by atomic mass is 10.2. The van der Waals surface area contributed by atoms with Gasteiger partial charge in [-0.2, -0.15) is 0 Å². The van der Waals surface area contributed by atoms with Gasteiger partial charge in [-0.25, -0.2) is 14.4 Å². The second-order valence-electron chi connectivity index (χ2n) is 8.88. The van der Waals surface area contributed by atoms with E-state index in [2.05, 4.69) is 52.1 Å². The standard InChI is InChI=1S/C13H19N3O.C12H16FN3.C2H6/c1-10(15(2)3)7-13-14-9-11-8-12(17-4)5-6-16(11)13;1-9(15(2)3)6-12-14-8-11-7-10(13)4-5-16(11)12;1-2/h5-6,8-10H,7H2,1-4H3;4-5,7-9H,6H2,1-3H3;1-2H3. The number of fused-ring (bicyclic) bond motifs is 2. The Bertz CT molecular complexity index is 1180. The van der Waals surface area contributed by atoms with E-state index in [1.807, 2.05) is 56.9 Å². The summed E-state index contributed by atoms with van der Waals surface area (Å²) in [4.78, 5) is 13.1. The molecule has 4 heterocycles. The highest BCUT2D eigenvalue weighted by atomic mass is 19.1. The van der Waals surface area contributed by atoms with E-state index in [-0.39, 0.29) is 5.82 Å². The smallest absolute Gasteiger partial charge is 0.126 e. The van der Waals surface area contributed by atoms with Gasteiger partial charge in [0, 0.05) is 43.4 Å². The van der Waals surface area contributed by atoms with E-state index in [9.17, 15) is 4.39 Å². The first-order chi connectivity index (χ1) is 16.7. The first kappa shape index (κ1) is 28.3. The van der Waals surface area contributed by atoms with Gasteiger partial charge in [-0.3, -0.25) is 0 Å². The van der Waals surface area contributed by atoms with E-state index in [1.165, 1.54) is 12.1 Å². The van der Waals surface area contributed by atoms with Crippen molar-refractivity contribution in [2.24, 2.45) is 0 Å². The first-order valence-corrected chi connectivity index (χ1v) is 12.1. The number of hydrogen-bond acceptors (Lipinski definition) is 5. The summed E-state index contributed by atoms with van der Waals surface area (Å²) >= 11 is 0. The number of pyridine rings is 2.